The maximum atomic E-state index is 12.3. The lowest BCUT2D eigenvalue weighted by Gasteiger charge is -2.07. The van der Waals surface area contributed by atoms with Crippen LogP contribution in [-0.2, 0) is 6.54 Å². The van der Waals surface area contributed by atoms with E-state index in [1.807, 2.05) is 11.4 Å². The van der Waals surface area contributed by atoms with Crippen LogP contribution in [0.25, 0.3) is 10.2 Å². The summed E-state index contributed by atoms with van der Waals surface area (Å²) in [6, 6.07) is 8.23. The zero-order valence-electron chi connectivity index (χ0n) is 10.9. The Labute approximate surface area is 115 Å². The summed E-state index contributed by atoms with van der Waals surface area (Å²) in [5, 5.41) is 1.90. The minimum atomic E-state index is 0.0409. The molecule has 3 rings (SSSR count). The van der Waals surface area contributed by atoms with Crippen LogP contribution in [0.2, 0.25) is 0 Å². The van der Waals surface area contributed by atoms with Crippen LogP contribution in [0.5, 0.6) is 0 Å². The Morgan fingerprint density at radius 2 is 1.95 bits per heavy atom. The number of fused-ring (bicyclic) bond motifs is 1. The first kappa shape index (κ1) is 12.1. The van der Waals surface area contributed by atoms with Crippen molar-refractivity contribution in [3.8, 4) is 0 Å². The molecule has 0 aliphatic carbocycles. The molecule has 96 valence electrons. The van der Waals surface area contributed by atoms with Crippen LogP contribution in [0.15, 0.2) is 40.8 Å². The molecule has 0 bridgehead atoms. The molecule has 19 heavy (non-hydrogen) atoms. The third-order valence-corrected chi connectivity index (χ3v) is 3.96. The Hall–Kier alpha value is -1.94. The van der Waals surface area contributed by atoms with Gasteiger partial charge in [0.25, 0.3) is 5.56 Å². The molecule has 0 saturated carbocycles. The van der Waals surface area contributed by atoms with E-state index in [2.05, 4.69) is 37.0 Å². The fraction of sp³-hybridized carbons (Fsp3) is 0.200. The summed E-state index contributed by atoms with van der Waals surface area (Å²) in [5.41, 5.74) is 4.39. The smallest absolute Gasteiger partial charge is 0.271 e. The molecule has 0 radical (unpaired) electrons. The van der Waals surface area contributed by atoms with Crippen LogP contribution in [0, 0.1) is 13.8 Å². The Bertz CT molecular complexity index is 781. The van der Waals surface area contributed by atoms with Gasteiger partial charge in [-0.3, -0.25) is 9.36 Å². The highest BCUT2D eigenvalue weighted by Crippen LogP contribution is 2.14. The molecule has 0 N–H and O–H groups in total. The topological polar surface area (TPSA) is 34.9 Å². The van der Waals surface area contributed by atoms with E-state index in [-0.39, 0.29) is 5.56 Å². The van der Waals surface area contributed by atoms with Gasteiger partial charge in [-0.15, -0.1) is 11.3 Å². The minimum Gasteiger partial charge on any atom is -0.294 e. The van der Waals surface area contributed by atoms with Gasteiger partial charge in [-0.25, -0.2) is 4.98 Å². The van der Waals surface area contributed by atoms with Crippen LogP contribution >= 0.6 is 11.3 Å². The van der Waals surface area contributed by atoms with Crippen LogP contribution in [-0.4, -0.2) is 9.55 Å². The molecule has 2 heterocycles. The Morgan fingerprint density at radius 3 is 2.68 bits per heavy atom. The van der Waals surface area contributed by atoms with E-state index < -0.39 is 0 Å². The maximum absolute atomic E-state index is 12.3. The van der Waals surface area contributed by atoms with Gasteiger partial charge in [0.2, 0.25) is 0 Å². The predicted molar refractivity (Wildman–Crippen MR) is 78.9 cm³/mol. The van der Waals surface area contributed by atoms with Crippen molar-refractivity contribution in [3.05, 3.63) is 63.0 Å². The fourth-order valence-corrected chi connectivity index (χ4v) is 3.14. The molecule has 0 fully saturated rings. The van der Waals surface area contributed by atoms with Gasteiger partial charge in [0.1, 0.15) is 4.70 Å². The van der Waals surface area contributed by atoms with Crippen molar-refractivity contribution in [3.63, 3.8) is 0 Å². The lowest BCUT2D eigenvalue weighted by atomic mass is 10.1. The lowest BCUT2D eigenvalue weighted by Crippen LogP contribution is -2.20. The molecule has 0 unspecified atom stereocenters. The predicted octanol–water partition coefficient (Wildman–Crippen LogP) is 3.12. The third-order valence-electron chi connectivity index (χ3n) is 3.07. The lowest BCUT2D eigenvalue weighted by molar-refractivity contribution is 0.748. The molecule has 4 heteroatoms. The summed E-state index contributed by atoms with van der Waals surface area (Å²) >= 11 is 1.45. The second-order valence-electron chi connectivity index (χ2n) is 4.81. The molecule has 0 spiro atoms. The highest BCUT2D eigenvalue weighted by molar-refractivity contribution is 7.17. The van der Waals surface area contributed by atoms with Crippen molar-refractivity contribution in [2.75, 3.05) is 0 Å². The Morgan fingerprint density at radius 1 is 1.21 bits per heavy atom. The highest BCUT2D eigenvalue weighted by Gasteiger charge is 2.06. The van der Waals surface area contributed by atoms with Gasteiger partial charge in [-0.1, -0.05) is 29.3 Å². The summed E-state index contributed by atoms with van der Waals surface area (Å²) in [6.07, 6.45) is 1.63. The second kappa shape index (κ2) is 4.63. The van der Waals surface area contributed by atoms with Crippen molar-refractivity contribution < 1.29 is 0 Å². The molecule has 3 nitrogen and oxygen atoms in total. The number of benzene rings is 1. The first-order chi connectivity index (χ1) is 9.13. The Kier molecular flexibility index (Phi) is 2.95. The van der Waals surface area contributed by atoms with Crippen LogP contribution in [0.3, 0.4) is 0 Å². The second-order valence-corrected chi connectivity index (χ2v) is 5.72. The highest BCUT2D eigenvalue weighted by atomic mass is 32.1. The average Bonchev–Trinajstić information content (AvgIpc) is 2.80. The van der Waals surface area contributed by atoms with E-state index in [4.69, 9.17) is 0 Å². The summed E-state index contributed by atoms with van der Waals surface area (Å²) in [5.74, 6) is 0. The number of aryl methyl sites for hydroxylation is 2. The monoisotopic (exact) mass is 270 g/mol. The molecule has 3 aromatic rings. The van der Waals surface area contributed by atoms with E-state index in [1.165, 1.54) is 22.5 Å². The van der Waals surface area contributed by atoms with Crippen molar-refractivity contribution in [2.24, 2.45) is 0 Å². The number of hydrogen-bond acceptors (Lipinski definition) is 3. The van der Waals surface area contributed by atoms with Gasteiger partial charge >= 0.3 is 0 Å². The summed E-state index contributed by atoms with van der Waals surface area (Å²) < 4.78 is 2.40. The van der Waals surface area contributed by atoms with Crippen molar-refractivity contribution in [1.82, 2.24) is 9.55 Å². The zero-order chi connectivity index (χ0) is 13.4. The number of nitrogens with zero attached hydrogens (tertiary/aromatic N) is 2. The first-order valence-electron chi connectivity index (χ1n) is 6.13. The van der Waals surface area contributed by atoms with Crippen LogP contribution in [0.4, 0.5) is 0 Å². The standard InChI is InChI=1S/C15H14N2OS/c1-10-5-11(2)7-12(6-10)8-17-9-16-13-3-4-19-14(13)15(17)18/h3-7,9H,8H2,1-2H3. The van der Waals surface area contributed by atoms with E-state index in [0.717, 1.165) is 15.8 Å². The molecular weight excluding hydrogens is 256 g/mol. The first-order valence-corrected chi connectivity index (χ1v) is 7.01. The zero-order valence-corrected chi connectivity index (χ0v) is 11.7. The summed E-state index contributed by atoms with van der Waals surface area (Å²) in [7, 11) is 0. The fourth-order valence-electron chi connectivity index (χ4n) is 2.35. The van der Waals surface area contributed by atoms with Gasteiger partial charge in [0.05, 0.1) is 18.4 Å². The largest absolute Gasteiger partial charge is 0.294 e. The third kappa shape index (κ3) is 2.31. The average molecular weight is 270 g/mol. The van der Waals surface area contributed by atoms with Gasteiger partial charge in [-0.2, -0.15) is 0 Å². The van der Waals surface area contributed by atoms with Crippen LogP contribution in [0.1, 0.15) is 16.7 Å². The van der Waals surface area contributed by atoms with Crippen molar-refractivity contribution >= 4 is 21.6 Å². The van der Waals surface area contributed by atoms with Gasteiger partial charge in [0, 0.05) is 0 Å². The SMILES string of the molecule is Cc1cc(C)cc(Cn2cnc3ccsc3c2=O)c1. The molecule has 0 saturated heterocycles. The molecule has 0 aliphatic rings. The molecule has 0 amide bonds. The molecule has 0 aliphatic heterocycles. The van der Waals surface area contributed by atoms with E-state index in [9.17, 15) is 4.79 Å². The van der Waals surface area contributed by atoms with Crippen molar-refractivity contribution in [2.45, 2.75) is 20.4 Å². The van der Waals surface area contributed by atoms with Crippen molar-refractivity contribution in [1.29, 1.82) is 0 Å². The summed E-state index contributed by atoms with van der Waals surface area (Å²) in [4.78, 5) is 16.6. The minimum absolute atomic E-state index is 0.0409. The number of rotatable bonds is 2. The van der Waals surface area contributed by atoms with E-state index >= 15 is 0 Å². The van der Waals surface area contributed by atoms with Crippen LogP contribution < -0.4 is 5.56 Å². The molecule has 1 aromatic carbocycles. The number of thiophene rings is 1. The van der Waals surface area contributed by atoms with Gasteiger partial charge in [0.15, 0.2) is 0 Å². The van der Waals surface area contributed by atoms with Gasteiger partial charge in [-0.05, 0) is 30.9 Å². The normalized spacial score (nSPS) is 11.1. The maximum Gasteiger partial charge on any atom is 0.271 e. The number of hydrogen-bond donors (Lipinski definition) is 0. The van der Waals surface area contributed by atoms with E-state index in [1.54, 1.807) is 10.9 Å². The van der Waals surface area contributed by atoms with Gasteiger partial charge < -0.3 is 0 Å². The molecule has 2 aromatic heterocycles. The quantitative estimate of drug-likeness (QED) is 0.717. The molecule has 0 atom stereocenters. The molecular formula is C15H14N2OS. The Balaban J connectivity index is 2.05. The number of aromatic nitrogens is 2. The summed E-state index contributed by atoms with van der Waals surface area (Å²) in [6.45, 7) is 4.71. The van der Waals surface area contributed by atoms with E-state index in [0.29, 0.717) is 6.54 Å².